The minimum atomic E-state index is -0.411. The number of H-pyrrole nitrogens is 1. The van der Waals surface area contributed by atoms with Crippen molar-refractivity contribution in [1.29, 1.82) is 0 Å². The number of hydrogen-bond donors (Lipinski definition) is 3. The summed E-state index contributed by atoms with van der Waals surface area (Å²) in [4.78, 5) is 32.5. The Balaban J connectivity index is 1.73. The Morgan fingerprint density at radius 1 is 1.17 bits per heavy atom. The second-order valence-electron chi connectivity index (χ2n) is 6.65. The lowest BCUT2D eigenvalue weighted by Crippen LogP contribution is -2.26. The van der Waals surface area contributed by atoms with Gasteiger partial charge in [0, 0.05) is 23.4 Å². The molecule has 0 saturated carbocycles. The first-order valence-corrected chi connectivity index (χ1v) is 10.2. The zero-order valence-electron chi connectivity index (χ0n) is 16.3. The summed E-state index contributed by atoms with van der Waals surface area (Å²) in [5.74, 6) is -0.0471. The summed E-state index contributed by atoms with van der Waals surface area (Å²) in [6.45, 7) is 3.72. The normalized spacial score (nSPS) is 11.8. The maximum Gasteiger partial charge on any atom is 0.255 e. The summed E-state index contributed by atoms with van der Waals surface area (Å²) in [5.41, 5.74) is 2.75. The van der Waals surface area contributed by atoms with Crippen LogP contribution in [0.4, 0.5) is 5.69 Å². The first-order valence-electron chi connectivity index (χ1n) is 9.36. The number of amides is 1. The molecule has 0 fully saturated rings. The molecule has 1 aromatic heterocycles. The van der Waals surface area contributed by atoms with Crippen LogP contribution in [-0.4, -0.2) is 26.2 Å². The van der Waals surface area contributed by atoms with Crippen molar-refractivity contribution in [1.82, 2.24) is 9.97 Å². The summed E-state index contributed by atoms with van der Waals surface area (Å²) in [7, 11) is 0. The number of thioether (sulfide) groups is 1. The molecule has 0 aliphatic heterocycles. The van der Waals surface area contributed by atoms with E-state index in [0.717, 1.165) is 5.56 Å². The van der Waals surface area contributed by atoms with Crippen molar-refractivity contribution in [3.63, 3.8) is 0 Å². The quantitative estimate of drug-likeness (QED) is 0.313. The molecule has 1 atom stereocenters. The summed E-state index contributed by atoms with van der Waals surface area (Å²) < 4.78 is 0. The molecular weight excluding hydrogens is 386 g/mol. The smallest absolute Gasteiger partial charge is 0.255 e. The van der Waals surface area contributed by atoms with Gasteiger partial charge >= 0.3 is 0 Å². The predicted octanol–water partition coefficient (Wildman–Crippen LogP) is 3.88. The minimum Gasteiger partial charge on any atom is -0.508 e. The van der Waals surface area contributed by atoms with Gasteiger partial charge in [-0.3, -0.25) is 9.59 Å². The number of aromatic amines is 1. The van der Waals surface area contributed by atoms with E-state index in [9.17, 15) is 14.7 Å². The van der Waals surface area contributed by atoms with Crippen LogP contribution in [-0.2, 0) is 11.2 Å². The molecule has 0 saturated heterocycles. The van der Waals surface area contributed by atoms with Crippen LogP contribution in [0.5, 0.6) is 5.75 Å². The third-order valence-electron chi connectivity index (χ3n) is 4.48. The number of anilines is 1. The molecule has 1 amide bonds. The average Bonchev–Trinajstić information content (AvgIpc) is 2.71. The maximum atomic E-state index is 12.6. The molecule has 0 bridgehead atoms. The van der Waals surface area contributed by atoms with Gasteiger partial charge in [0.2, 0.25) is 5.91 Å². The summed E-state index contributed by atoms with van der Waals surface area (Å²) in [5, 5.41) is 12.2. The van der Waals surface area contributed by atoms with E-state index in [2.05, 4.69) is 15.3 Å². The van der Waals surface area contributed by atoms with Gasteiger partial charge in [-0.25, -0.2) is 4.98 Å². The molecule has 2 aromatic carbocycles. The van der Waals surface area contributed by atoms with Crippen molar-refractivity contribution in [2.24, 2.45) is 0 Å². The molecule has 150 valence electrons. The molecule has 7 heteroatoms. The van der Waals surface area contributed by atoms with E-state index in [-0.39, 0.29) is 17.2 Å². The van der Waals surface area contributed by atoms with Crippen molar-refractivity contribution in [2.45, 2.75) is 37.1 Å². The number of aromatic hydroxyl groups is 1. The van der Waals surface area contributed by atoms with Gasteiger partial charge in [0.25, 0.3) is 5.56 Å². The largest absolute Gasteiger partial charge is 0.508 e. The topological polar surface area (TPSA) is 95.1 Å². The van der Waals surface area contributed by atoms with Crippen LogP contribution in [0.1, 0.15) is 30.2 Å². The standard InChI is InChI=1S/C22H23N3O3S/c1-3-19(21(28)24-16-9-11-17(26)12-10-16)29-22-23-14(2)18(20(27)25-22)13-15-7-5-4-6-8-15/h4-12,19,26H,3,13H2,1-2H3,(H,24,28)(H,23,25,27). The van der Waals surface area contributed by atoms with Crippen LogP contribution in [0.15, 0.2) is 64.5 Å². The van der Waals surface area contributed by atoms with Crippen molar-refractivity contribution in [3.8, 4) is 5.75 Å². The van der Waals surface area contributed by atoms with Gasteiger partial charge in [0.1, 0.15) is 5.75 Å². The Labute approximate surface area is 173 Å². The highest BCUT2D eigenvalue weighted by Gasteiger charge is 2.20. The van der Waals surface area contributed by atoms with Gasteiger partial charge in [-0.15, -0.1) is 0 Å². The van der Waals surface area contributed by atoms with Crippen LogP contribution in [0.25, 0.3) is 0 Å². The Kier molecular flexibility index (Phi) is 6.72. The number of phenolic OH excluding ortho intramolecular Hbond substituents is 1. The Bertz CT molecular complexity index is 1030. The SMILES string of the molecule is CCC(Sc1nc(C)c(Cc2ccccc2)c(=O)[nH]1)C(=O)Nc1ccc(O)cc1. The minimum absolute atomic E-state index is 0.136. The lowest BCUT2D eigenvalue weighted by atomic mass is 10.1. The highest BCUT2D eigenvalue weighted by molar-refractivity contribution is 8.00. The first kappa shape index (κ1) is 20.7. The van der Waals surface area contributed by atoms with E-state index in [1.54, 1.807) is 12.1 Å². The van der Waals surface area contributed by atoms with Gasteiger partial charge in [-0.1, -0.05) is 49.0 Å². The second kappa shape index (κ2) is 9.43. The number of nitrogens with one attached hydrogen (secondary N) is 2. The average molecular weight is 410 g/mol. The zero-order valence-corrected chi connectivity index (χ0v) is 17.1. The number of rotatable bonds is 7. The monoisotopic (exact) mass is 409 g/mol. The summed E-state index contributed by atoms with van der Waals surface area (Å²) in [6.07, 6.45) is 1.08. The fraction of sp³-hybridized carbons (Fsp3) is 0.227. The predicted molar refractivity (Wildman–Crippen MR) is 116 cm³/mol. The number of carbonyl (C=O) groups is 1. The number of carbonyl (C=O) groups excluding carboxylic acids is 1. The van der Waals surface area contributed by atoms with Crippen molar-refractivity contribution >= 4 is 23.4 Å². The molecule has 0 aliphatic rings. The Morgan fingerprint density at radius 2 is 1.86 bits per heavy atom. The van der Waals surface area contributed by atoms with Gasteiger partial charge in [0.15, 0.2) is 5.16 Å². The van der Waals surface area contributed by atoms with E-state index in [1.165, 1.54) is 23.9 Å². The number of phenols is 1. The van der Waals surface area contributed by atoms with Gasteiger partial charge in [-0.2, -0.15) is 0 Å². The number of aromatic nitrogens is 2. The van der Waals surface area contributed by atoms with Crippen LogP contribution < -0.4 is 10.9 Å². The molecule has 1 heterocycles. The van der Waals surface area contributed by atoms with E-state index in [1.807, 2.05) is 44.2 Å². The molecule has 3 aromatic rings. The van der Waals surface area contributed by atoms with Crippen molar-refractivity contribution in [2.75, 3.05) is 5.32 Å². The lowest BCUT2D eigenvalue weighted by Gasteiger charge is -2.15. The molecule has 3 N–H and O–H groups in total. The Hall–Kier alpha value is -3.06. The van der Waals surface area contributed by atoms with Gasteiger partial charge in [0.05, 0.1) is 5.25 Å². The van der Waals surface area contributed by atoms with E-state index < -0.39 is 5.25 Å². The van der Waals surface area contributed by atoms with Gasteiger partial charge in [-0.05, 0) is 43.2 Å². The van der Waals surface area contributed by atoms with Crippen LogP contribution in [0.3, 0.4) is 0 Å². The zero-order chi connectivity index (χ0) is 20.8. The molecule has 0 spiro atoms. The van der Waals surface area contributed by atoms with Crippen molar-refractivity contribution in [3.05, 3.63) is 81.8 Å². The molecule has 29 heavy (non-hydrogen) atoms. The Morgan fingerprint density at radius 3 is 2.48 bits per heavy atom. The fourth-order valence-electron chi connectivity index (χ4n) is 2.87. The summed E-state index contributed by atoms with van der Waals surface area (Å²) >= 11 is 1.23. The highest BCUT2D eigenvalue weighted by atomic mass is 32.2. The number of benzene rings is 2. The third kappa shape index (κ3) is 5.48. The fourth-order valence-corrected chi connectivity index (χ4v) is 3.82. The second-order valence-corrected chi connectivity index (χ2v) is 7.84. The maximum absolute atomic E-state index is 12.6. The van der Waals surface area contributed by atoms with E-state index in [0.29, 0.717) is 34.9 Å². The molecule has 0 aliphatic carbocycles. The molecule has 1 unspecified atom stereocenters. The van der Waals surface area contributed by atoms with Crippen LogP contribution >= 0.6 is 11.8 Å². The van der Waals surface area contributed by atoms with E-state index >= 15 is 0 Å². The molecular formula is C22H23N3O3S. The lowest BCUT2D eigenvalue weighted by molar-refractivity contribution is -0.115. The van der Waals surface area contributed by atoms with Crippen LogP contribution in [0, 0.1) is 6.92 Å². The first-order chi connectivity index (χ1) is 14.0. The number of hydrogen-bond acceptors (Lipinski definition) is 5. The number of aryl methyl sites for hydroxylation is 1. The highest BCUT2D eigenvalue weighted by Crippen LogP contribution is 2.24. The van der Waals surface area contributed by atoms with Gasteiger partial charge < -0.3 is 15.4 Å². The third-order valence-corrected chi connectivity index (χ3v) is 5.72. The number of nitrogens with zero attached hydrogens (tertiary/aromatic N) is 1. The molecule has 0 radical (unpaired) electrons. The molecule has 3 rings (SSSR count). The van der Waals surface area contributed by atoms with Crippen LogP contribution in [0.2, 0.25) is 0 Å². The van der Waals surface area contributed by atoms with Crippen molar-refractivity contribution < 1.29 is 9.90 Å². The van der Waals surface area contributed by atoms with E-state index in [4.69, 9.17) is 0 Å². The summed E-state index contributed by atoms with van der Waals surface area (Å²) in [6, 6.07) is 16.1. The molecule has 6 nitrogen and oxygen atoms in total.